The second kappa shape index (κ2) is 8.63. The van der Waals surface area contributed by atoms with Crippen molar-refractivity contribution >= 4 is 23.2 Å². The fraction of sp³-hybridized carbons (Fsp3) is 0.318. The Labute approximate surface area is 188 Å². The van der Waals surface area contributed by atoms with Gasteiger partial charge in [-0.1, -0.05) is 35.9 Å². The summed E-state index contributed by atoms with van der Waals surface area (Å²) >= 11 is 6.06. The van der Waals surface area contributed by atoms with Gasteiger partial charge in [0.15, 0.2) is 0 Å². The van der Waals surface area contributed by atoms with Crippen LogP contribution in [-0.2, 0) is 11.8 Å². The zero-order valence-corrected chi connectivity index (χ0v) is 17.9. The van der Waals surface area contributed by atoms with Crippen molar-refractivity contribution in [3.8, 4) is 17.5 Å². The van der Waals surface area contributed by atoms with Gasteiger partial charge in [0, 0.05) is 24.1 Å². The number of hydrogen-bond acceptors (Lipinski definition) is 5. The van der Waals surface area contributed by atoms with Gasteiger partial charge in [0.2, 0.25) is 17.7 Å². The maximum absolute atomic E-state index is 14.0. The number of benzene rings is 2. The van der Waals surface area contributed by atoms with Gasteiger partial charge >= 0.3 is 0 Å². The number of hydrogen-bond donors (Lipinski definition) is 1. The number of nitrogens with zero attached hydrogens (tertiary/aromatic N) is 5. The topological polar surface area (TPSA) is 96.5 Å². The zero-order chi connectivity index (χ0) is 22.9. The summed E-state index contributed by atoms with van der Waals surface area (Å²) in [6.07, 6.45) is -0.356. The first-order valence-corrected chi connectivity index (χ1v) is 10.4. The first kappa shape index (κ1) is 21.8. The molecule has 10 heteroatoms. The Kier molecular flexibility index (Phi) is 5.89. The highest BCUT2D eigenvalue weighted by Crippen LogP contribution is 2.46. The quantitative estimate of drug-likeness (QED) is 0.607. The summed E-state index contributed by atoms with van der Waals surface area (Å²) in [6.45, 7) is 0. The van der Waals surface area contributed by atoms with Gasteiger partial charge in [-0.15, -0.1) is 10.2 Å². The van der Waals surface area contributed by atoms with E-state index < -0.39 is 23.7 Å². The molecule has 164 valence electrons. The number of carbonyl (C=O) groups is 1. The number of anilines is 1. The standard InChI is InChI=1S/C22H19ClF2N6O/c1-31-29-20(28-30-31)14-4-2-13(3-5-14)19(15-8-9-22(24,25)11-15)21(32)27-17-7-6-16(12-26)18(23)10-17/h2-7,10,15,19H,8-9,11H2,1H3,(H,27,32). The summed E-state index contributed by atoms with van der Waals surface area (Å²) in [5, 5.41) is 23.9. The van der Waals surface area contributed by atoms with Crippen molar-refractivity contribution in [2.45, 2.75) is 31.1 Å². The third kappa shape index (κ3) is 4.60. The van der Waals surface area contributed by atoms with Crippen LogP contribution in [0.5, 0.6) is 0 Å². The second-order valence-corrected chi connectivity index (χ2v) is 8.26. The van der Waals surface area contributed by atoms with E-state index in [0.29, 0.717) is 22.6 Å². The van der Waals surface area contributed by atoms with Crippen molar-refractivity contribution < 1.29 is 13.6 Å². The number of amides is 1. The van der Waals surface area contributed by atoms with Crippen LogP contribution in [0, 0.1) is 17.2 Å². The molecule has 1 saturated carbocycles. The van der Waals surface area contributed by atoms with Gasteiger partial charge in [-0.2, -0.15) is 10.1 Å². The van der Waals surface area contributed by atoms with Crippen LogP contribution in [0.25, 0.3) is 11.4 Å². The van der Waals surface area contributed by atoms with Crippen LogP contribution in [0.4, 0.5) is 14.5 Å². The lowest BCUT2D eigenvalue weighted by molar-refractivity contribution is -0.118. The number of nitrogens with one attached hydrogen (secondary N) is 1. The number of rotatable bonds is 5. The lowest BCUT2D eigenvalue weighted by Gasteiger charge is -2.24. The van der Waals surface area contributed by atoms with E-state index in [1.165, 1.54) is 16.9 Å². The first-order valence-electron chi connectivity index (χ1n) is 9.98. The predicted octanol–water partition coefficient (Wildman–Crippen LogP) is 4.56. The maximum atomic E-state index is 14.0. The Morgan fingerprint density at radius 1 is 1.31 bits per heavy atom. The predicted molar refractivity (Wildman–Crippen MR) is 114 cm³/mol. The SMILES string of the molecule is Cn1nnc(-c2ccc(C(C(=O)Nc3ccc(C#N)c(Cl)c3)C3CCC(F)(F)C3)cc2)n1. The molecule has 2 aromatic carbocycles. The van der Waals surface area contributed by atoms with Crippen LogP contribution in [-0.4, -0.2) is 32.0 Å². The second-order valence-electron chi connectivity index (χ2n) is 7.86. The van der Waals surface area contributed by atoms with Crippen LogP contribution in [0.2, 0.25) is 5.02 Å². The molecule has 0 radical (unpaired) electrons. The molecule has 1 amide bonds. The number of aromatic nitrogens is 4. The van der Waals surface area contributed by atoms with Crippen LogP contribution >= 0.6 is 11.6 Å². The number of carbonyl (C=O) groups excluding carboxylic acids is 1. The summed E-state index contributed by atoms with van der Waals surface area (Å²) in [5.41, 5.74) is 2.01. The van der Waals surface area contributed by atoms with E-state index in [1.54, 1.807) is 37.4 Å². The Balaban J connectivity index is 1.62. The average molecular weight is 457 g/mol. The molecule has 0 bridgehead atoms. The van der Waals surface area contributed by atoms with Crippen molar-refractivity contribution in [1.82, 2.24) is 20.2 Å². The highest BCUT2D eigenvalue weighted by atomic mass is 35.5. The average Bonchev–Trinajstić information content (AvgIpc) is 3.34. The van der Waals surface area contributed by atoms with Crippen LogP contribution < -0.4 is 5.32 Å². The first-order chi connectivity index (χ1) is 15.3. The summed E-state index contributed by atoms with van der Waals surface area (Å²) in [4.78, 5) is 14.6. The van der Waals surface area contributed by atoms with E-state index >= 15 is 0 Å². The van der Waals surface area contributed by atoms with Gasteiger partial charge in [0.05, 0.1) is 23.6 Å². The van der Waals surface area contributed by atoms with E-state index in [0.717, 1.165) is 0 Å². The Morgan fingerprint density at radius 2 is 2.06 bits per heavy atom. The summed E-state index contributed by atoms with van der Waals surface area (Å²) in [6, 6.07) is 13.5. The number of tetrazole rings is 1. The fourth-order valence-electron chi connectivity index (χ4n) is 4.05. The Morgan fingerprint density at radius 3 is 2.62 bits per heavy atom. The number of aryl methyl sites for hydroxylation is 1. The summed E-state index contributed by atoms with van der Waals surface area (Å²) < 4.78 is 28.0. The molecule has 0 spiro atoms. The van der Waals surface area contributed by atoms with E-state index in [1.807, 2.05) is 6.07 Å². The molecule has 1 heterocycles. The molecule has 1 aliphatic rings. The zero-order valence-electron chi connectivity index (χ0n) is 17.1. The molecule has 0 aliphatic heterocycles. The van der Waals surface area contributed by atoms with E-state index in [4.69, 9.17) is 16.9 Å². The highest BCUT2D eigenvalue weighted by molar-refractivity contribution is 6.32. The lowest BCUT2D eigenvalue weighted by atomic mass is 9.83. The van der Waals surface area contributed by atoms with Gasteiger partial charge < -0.3 is 5.32 Å². The minimum atomic E-state index is -2.79. The normalized spacial score (nSPS) is 18.2. The molecular formula is C22H19ClF2N6O. The smallest absolute Gasteiger partial charge is 0.248 e. The van der Waals surface area contributed by atoms with Gasteiger partial charge in [-0.3, -0.25) is 4.79 Å². The molecule has 1 fully saturated rings. The van der Waals surface area contributed by atoms with Gasteiger partial charge in [-0.05, 0) is 41.3 Å². The van der Waals surface area contributed by atoms with Crippen molar-refractivity contribution in [2.75, 3.05) is 5.32 Å². The number of nitriles is 1. The molecule has 0 saturated heterocycles. The largest absolute Gasteiger partial charge is 0.326 e. The highest BCUT2D eigenvalue weighted by Gasteiger charge is 2.45. The third-order valence-corrected chi connectivity index (χ3v) is 5.90. The molecule has 2 atom stereocenters. The van der Waals surface area contributed by atoms with Crippen LogP contribution in [0.15, 0.2) is 42.5 Å². The van der Waals surface area contributed by atoms with Gasteiger partial charge in [-0.25, -0.2) is 8.78 Å². The summed E-state index contributed by atoms with van der Waals surface area (Å²) in [7, 11) is 1.65. The van der Waals surface area contributed by atoms with E-state index in [9.17, 15) is 13.6 Å². The van der Waals surface area contributed by atoms with Crippen molar-refractivity contribution in [3.63, 3.8) is 0 Å². The van der Waals surface area contributed by atoms with Gasteiger partial charge in [0.1, 0.15) is 6.07 Å². The Hall–Kier alpha value is -3.38. The molecule has 1 N–H and O–H groups in total. The maximum Gasteiger partial charge on any atom is 0.248 e. The number of halogens is 3. The Bertz CT molecular complexity index is 1190. The fourth-order valence-corrected chi connectivity index (χ4v) is 4.27. The van der Waals surface area contributed by atoms with Gasteiger partial charge in [0.25, 0.3) is 0 Å². The van der Waals surface area contributed by atoms with E-state index in [-0.39, 0.29) is 29.8 Å². The van der Waals surface area contributed by atoms with E-state index in [2.05, 4.69) is 20.7 Å². The minimum Gasteiger partial charge on any atom is -0.326 e. The van der Waals surface area contributed by atoms with Crippen molar-refractivity contribution in [2.24, 2.45) is 13.0 Å². The molecule has 4 rings (SSSR count). The molecule has 3 aromatic rings. The molecule has 1 aromatic heterocycles. The molecule has 32 heavy (non-hydrogen) atoms. The van der Waals surface area contributed by atoms with Crippen LogP contribution in [0.3, 0.4) is 0 Å². The molecule has 7 nitrogen and oxygen atoms in total. The van der Waals surface area contributed by atoms with Crippen LogP contribution in [0.1, 0.15) is 36.3 Å². The molecular weight excluding hydrogens is 438 g/mol. The third-order valence-electron chi connectivity index (χ3n) is 5.59. The number of alkyl halides is 2. The van der Waals surface area contributed by atoms with Crippen molar-refractivity contribution in [1.29, 1.82) is 5.26 Å². The summed E-state index contributed by atoms with van der Waals surface area (Å²) in [5.74, 6) is -4.05. The molecule has 2 unspecified atom stereocenters. The lowest BCUT2D eigenvalue weighted by Crippen LogP contribution is -2.27. The molecule has 1 aliphatic carbocycles. The monoisotopic (exact) mass is 456 g/mol. The van der Waals surface area contributed by atoms with Crippen molar-refractivity contribution in [3.05, 3.63) is 58.6 Å². The minimum absolute atomic E-state index is 0.204.